The molecule has 3 aromatic rings. The van der Waals surface area contributed by atoms with E-state index in [9.17, 15) is 9.59 Å². The van der Waals surface area contributed by atoms with Crippen molar-refractivity contribution in [2.45, 2.75) is 25.3 Å². The summed E-state index contributed by atoms with van der Waals surface area (Å²) in [7, 11) is 0. The number of aromatic nitrogens is 3. The first-order valence-corrected chi connectivity index (χ1v) is 10.4. The Morgan fingerprint density at radius 3 is 2.76 bits per heavy atom. The highest BCUT2D eigenvalue weighted by Gasteiger charge is 2.28. The molecule has 0 aliphatic carbocycles. The Hall–Kier alpha value is -2.80. The van der Waals surface area contributed by atoms with Crippen molar-refractivity contribution in [3.05, 3.63) is 57.6 Å². The number of amides is 1. The molecule has 2 aliphatic heterocycles. The van der Waals surface area contributed by atoms with Gasteiger partial charge < -0.3 is 14.8 Å². The second-order valence-corrected chi connectivity index (χ2v) is 8.24. The summed E-state index contributed by atoms with van der Waals surface area (Å²) in [5, 5.41) is 6.00. The van der Waals surface area contributed by atoms with Crippen molar-refractivity contribution < 1.29 is 4.79 Å². The second-order valence-electron chi connectivity index (χ2n) is 7.80. The number of anilines is 1. The molecule has 8 heteroatoms. The molecule has 29 heavy (non-hydrogen) atoms. The molecule has 5 rings (SSSR count). The molecule has 2 aliphatic rings. The number of fused-ring (bicyclic) bond motifs is 1. The minimum Gasteiger partial charge on any atom is -0.370 e. The van der Waals surface area contributed by atoms with Crippen LogP contribution in [0.3, 0.4) is 0 Å². The van der Waals surface area contributed by atoms with E-state index in [0.29, 0.717) is 23.8 Å². The van der Waals surface area contributed by atoms with Crippen LogP contribution in [-0.4, -0.2) is 51.8 Å². The van der Waals surface area contributed by atoms with Gasteiger partial charge in [0.2, 0.25) is 0 Å². The molecular weight excluding hydrogens is 390 g/mol. The van der Waals surface area contributed by atoms with E-state index in [-0.39, 0.29) is 17.5 Å². The lowest BCUT2D eigenvalue weighted by Crippen LogP contribution is -2.44. The quantitative estimate of drug-likeness (QED) is 0.718. The van der Waals surface area contributed by atoms with Gasteiger partial charge in [-0.15, -0.1) is 0 Å². The van der Waals surface area contributed by atoms with Crippen molar-refractivity contribution in [2.24, 2.45) is 0 Å². The van der Waals surface area contributed by atoms with E-state index in [1.54, 1.807) is 17.2 Å². The smallest absolute Gasteiger partial charge is 0.270 e. The van der Waals surface area contributed by atoms with Crippen LogP contribution in [0.15, 0.2) is 41.3 Å². The molecule has 0 unspecified atom stereocenters. The molecule has 2 aromatic heterocycles. The number of benzene rings is 1. The summed E-state index contributed by atoms with van der Waals surface area (Å²) in [5.74, 6) is -0.0627. The van der Waals surface area contributed by atoms with Gasteiger partial charge in [-0.25, -0.2) is 4.68 Å². The van der Waals surface area contributed by atoms with Crippen molar-refractivity contribution in [1.82, 2.24) is 19.7 Å². The van der Waals surface area contributed by atoms with Crippen LogP contribution in [0.2, 0.25) is 5.02 Å². The van der Waals surface area contributed by atoms with Crippen LogP contribution in [0, 0.1) is 0 Å². The largest absolute Gasteiger partial charge is 0.370 e. The zero-order chi connectivity index (χ0) is 20.0. The number of aromatic amines is 1. The Morgan fingerprint density at radius 1 is 1.14 bits per heavy atom. The van der Waals surface area contributed by atoms with E-state index in [2.05, 4.69) is 15.0 Å². The standard InChI is InChI=1S/C21H22ClN5O2/c22-15-5-4-14-9-19(24-18(14)10-15)21(29)26-6-1-3-16(13-26)27-20(28)11-17(12-23-27)25-7-2-8-25/h4-5,9-12,16,24H,1-3,6-8,13H2/t16-/m1/s1. The van der Waals surface area contributed by atoms with Crippen molar-refractivity contribution >= 4 is 34.1 Å². The zero-order valence-corrected chi connectivity index (χ0v) is 16.7. The molecule has 0 bridgehead atoms. The first-order valence-electron chi connectivity index (χ1n) is 10.00. The van der Waals surface area contributed by atoms with E-state index in [1.807, 2.05) is 24.3 Å². The fourth-order valence-electron chi connectivity index (χ4n) is 4.15. The SMILES string of the molecule is O=C(c1cc2ccc(Cl)cc2[nH]1)N1CCC[C@@H](n2ncc(N3CCC3)cc2=O)C1. The van der Waals surface area contributed by atoms with Crippen LogP contribution < -0.4 is 10.5 Å². The number of carbonyl (C=O) groups is 1. The van der Waals surface area contributed by atoms with Gasteiger partial charge in [0.1, 0.15) is 5.69 Å². The molecule has 1 amide bonds. The van der Waals surface area contributed by atoms with Gasteiger partial charge in [-0.1, -0.05) is 17.7 Å². The van der Waals surface area contributed by atoms with Crippen LogP contribution in [0.5, 0.6) is 0 Å². The molecule has 2 saturated heterocycles. The maximum atomic E-state index is 13.1. The van der Waals surface area contributed by atoms with E-state index in [4.69, 9.17) is 11.6 Å². The number of nitrogens with one attached hydrogen (secondary N) is 1. The highest BCUT2D eigenvalue weighted by atomic mass is 35.5. The molecule has 1 atom stereocenters. The predicted molar refractivity (Wildman–Crippen MR) is 113 cm³/mol. The van der Waals surface area contributed by atoms with Crippen molar-refractivity contribution in [2.75, 3.05) is 31.1 Å². The average Bonchev–Trinajstić information content (AvgIpc) is 3.09. The number of hydrogen-bond donors (Lipinski definition) is 1. The van der Waals surface area contributed by atoms with E-state index in [1.165, 1.54) is 4.68 Å². The minimum absolute atomic E-state index is 0.0627. The maximum Gasteiger partial charge on any atom is 0.270 e. The lowest BCUT2D eigenvalue weighted by molar-refractivity contribution is 0.0665. The molecule has 1 aromatic carbocycles. The summed E-state index contributed by atoms with van der Waals surface area (Å²) in [6.07, 6.45) is 4.60. The Kier molecular flexibility index (Phi) is 4.54. The maximum absolute atomic E-state index is 13.1. The number of halogens is 1. The van der Waals surface area contributed by atoms with Gasteiger partial charge in [-0.3, -0.25) is 9.59 Å². The third-order valence-corrected chi connectivity index (χ3v) is 6.11. The fraction of sp³-hybridized carbons (Fsp3) is 0.381. The van der Waals surface area contributed by atoms with E-state index >= 15 is 0 Å². The number of carbonyl (C=O) groups excluding carboxylic acids is 1. The van der Waals surface area contributed by atoms with Crippen molar-refractivity contribution in [3.63, 3.8) is 0 Å². The van der Waals surface area contributed by atoms with Crippen LogP contribution in [-0.2, 0) is 0 Å². The average molecular weight is 412 g/mol. The van der Waals surface area contributed by atoms with Crippen LogP contribution >= 0.6 is 11.6 Å². The lowest BCUT2D eigenvalue weighted by Gasteiger charge is -2.34. The van der Waals surface area contributed by atoms with E-state index in [0.717, 1.165) is 48.9 Å². The van der Waals surface area contributed by atoms with Gasteiger partial charge in [-0.05, 0) is 37.5 Å². The highest BCUT2D eigenvalue weighted by molar-refractivity contribution is 6.31. The van der Waals surface area contributed by atoms with Gasteiger partial charge in [0.05, 0.1) is 17.9 Å². The molecule has 1 N–H and O–H groups in total. The minimum atomic E-state index is -0.107. The normalized spacial score (nSPS) is 19.4. The number of rotatable bonds is 3. The number of piperidine rings is 1. The van der Waals surface area contributed by atoms with Crippen molar-refractivity contribution in [1.29, 1.82) is 0 Å². The van der Waals surface area contributed by atoms with Gasteiger partial charge in [-0.2, -0.15) is 5.10 Å². The van der Waals surface area contributed by atoms with Crippen LogP contribution in [0.4, 0.5) is 5.69 Å². The summed E-state index contributed by atoms with van der Waals surface area (Å²) in [6, 6.07) is 8.93. The van der Waals surface area contributed by atoms with Crippen molar-refractivity contribution in [3.8, 4) is 0 Å². The van der Waals surface area contributed by atoms with Crippen LogP contribution in [0.1, 0.15) is 35.8 Å². The molecule has 7 nitrogen and oxygen atoms in total. The first kappa shape index (κ1) is 18.2. The highest BCUT2D eigenvalue weighted by Crippen LogP contribution is 2.25. The van der Waals surface area contributed by atoms with Gasteiger partial charge in [0.25, 0.3) is 11.5 Å². The Balaban J connectivity index is 1.35. The summed E-state index contributed by atoms with van der Waals surface area (Å²) in [4.78, 5) is 32.8. The number of nitrogens with zero attached hydrogens (tertiary/aromatic N) is 4. The number of H-pyrrole nitrogens is 1. The summed E-state index contributed by atoms with van der Waals surface area (Å²) < 4.78 is 1.54. The Labute approximate surface area is 172 Å². The molecule has 0 radical (unpaired) electrons. The molecule has 2 fully saturated rings. The monoisotopic (exact) mass is 411 g/mol. The van der Waals surface area contributed by atoms with Crippen LogP contribution in [0.25, 0.3) is 10.9 Å². The third kappa shape index (κ3) is 3.40. The molecule has 0 saturated carbocycles. The molecule has 0 spiro atoms. The Bertz CT molecular complexity index is 1130. The fourth-order valence-corrected chi connectivity index (χ4v) is 4.33. The molecule has 4 heterocycles. The molecular formula is C21H22ClN5O2. The number of likely N-dealkylation sites (tertiary alicyclic amines) is 1. The van der Waals surface area contributed by atoms with Gasteiger partial charge in [0, 0.05) is 48.2 Å². The first-order chi connectivity index (χ1) is 14.1. The summed E-state index contributed by atoms with van der Waals surface area (Å²) in [5.41, 5.74) is 2.16. The zero-order valence-electron chi connectivity index (χ0n) is 16.0. The predicted octanol–water partition coefficient (Wildman–Crippen LogP) is 3.07. The summed E-state index contributed by atoms with van der Waals surface area (Å²) >= 11 is 6.04. The van der Waals surface area contributed by atoms with E-state index < -0.39 is 0 Å². The lowest BCUT2D eigenvalue weighted by atomic mass is 10.1. The summed E-state index contributed by atoms with van der Waals surface area (Å²) in [6.45, 7) is 3.11. The van der Waals surface area contributed by atoms with Gasteiger partial charge >= 0.3 is 0 Å². The van der Waals surface area contributed by atoms with Gasteiger partial charge in [0.15, 0.2) is 0 Å². The molecule has 150 valence electrons. The third-order valence-electron chi connectivity index (χ3n) is 5.88. The topological polar surface area (TPSA) is 74.2 Å². The number of hydrogen-bond acceptors (Lipinski definition) is 4. The second kappa shape index (κ2) is 7.22. The Morgan fingerprint density at radius 2 is 2.00 bits per heavy atom.